The van der Waals surface area contributed by atoms with E-state index in [1.807, 2.05) is 30.5 Å². The summed E-state index contributed by atoms with van der Waals surface area (Å²) in [7, 11) is 0. The van der Waals surface area contributed by atoms with Crippen molar-refractivity contribution in [2.75, 3.05) is 13.1 Å². The van der Waals surface area contributed by atoms with Gasteiger partial charge < -0.3 is 10.3 Å². The van der Waals surface area contributed by atoms with Gasteiger partial charge in [0.05, 0.1) is 0 Å². The van der Waals surface area contributed by atoms with Crippen molar-refractivity contribution in [1.29, 1.82) is 0 Å². The number of rotatable bonds is 6. The zero-order valence-electron chi connectivity index (χ0n) is 10.5. The lowest BCUT2D eigenvalue weighted by Crippen LogP contribution is -2.24. The SMILES string of the molecule is [N-]=[N+]=NCCCCNC(=O)c1cccc2[nH]ccc12. The first-order valence-corrected chi connectivity index (χ1v) is 6.18. The zero-order valence-corrected chi connectivity index (χ0v) is 10.5. The lowest BCUT2D eigenvalue weighted by atomic mass is 10.1. The van der Waals surface area contributed by atoms with Gasteiger partial charge in [-0.2, -0.15) is 0 Å². The molecule has 2 rings (SSSR count). The first kappa shape index (κ1) is 13.0. The third-order valence-corrected chi connectivity index (χ3v) is 2.87. The minimum absolute atomic E-state index is 0.0750. The number of nitrogens with zero attached hydrogens (tertiary/aromatic N) is 3. The van der Waals surface area contributed by atoms with Gasteiger partial charge in [0.2, 0.25) is 0 Å². The Morgan fingerprint density at radius 1 is 1.37 bits per heavy atom. The highest BCUT2D eigenvalue weighted by Gasteiger charge is 2.09. The number of aromatic amines is 1. The number of unbranched alkanes of at least 4 members (excludes halogenated alkanes) is 1. The van der Waals surface area contributed by atoms with Crippen molar-refractivity contribution in [2.24, 2.45) is 5.11 Å². The molecular formula is C13H15N5O. The lowest BCUT2D eigenvalue weighted by Gasteiger charge is -2.05. The molecule has 0 aliphatic rings. The average Bonchev–Trinajstić information content (AvgIpc) is 2.90. The molecule has 1 aromatic carbocycles. The van der Waals surface area contributed by atoms with E-state index in [9.17, 15) is 4.79 Å². The van der Waals surface area contributed by atoms with Gasteiger partial charge in [0, 0.05) is 40.7 Å². The number of carbonyl (C=O) groups is 1. The molecule has 0 atom stereocenters. The Bertz CT molecular complexity index is 612. The molecule has 0 saturated carbocycles. The summed E-state index contributed by atoms with van der Waals surface area (Å²) in [5.74, 6) is -0.0750. The van der Waals surface area contributed by atoms with Crippen molar-refractivity contribution in [3.63, 3.8) is 0 Å². The number of amides is 1. The van der Waals surface area contributed by atoms with Crippen LogP contribution in [0.2, 0.25) is 0 Å². The predicted octanol–water partition coefficient (Wildman–Crippen LogP) is 2.99. The Balaban J connectivity index is 1.89. The summed E-state index contributed by atoms with van der Waals surface area (Å²) >= 11 is 0. The zero-order chi connectivity index (χ0) is 13.5. The Labute approximate surface area is 110 Å². The molecule has 19 heavy (non-hydrogen) atoms. The highest BCUT2D eigenvalue weighted by molar-refractivity contribution is 6.06. The predicted molar refractivity (Wildman–Crippen MR) is 73.9 cm³/mol. The smallest absolute Gasteiger partial charge is 0.251 e. The van der Waals surface area contributed by atoms with Gasteiger partial charge >= 0.3 is 0 Å². The topological polar surface area (TPSA) is 93.7 Å². The maximum Gasteiger partial charge on any atom is 0.251 e. The number of carbonyl (C=O) groups excluding carboxylic acids is 1. The van der Waals surface area contributed by atoms with Crippen molar-refractivity contribution in [1.82, 2.24) is 10.3 Å². The minimum Gasteiger partial charge on any atom is -0.361 e. The van der Waals surface area contributed by atoms with Gasteiger partial charge in [-0.25, -0.2) is 0 Å². The van der Waals surface area contributed by atoms with Crippen LogP contribution in [-0.2, 0) is 0 Å². The second kappa shape index (κ2) is 6.47. The van der Waals surface area contributed by atoms with Gasteiger partial charge in [0.25, 0.3) is 5.91 Å². The highest BCUT2D eigenvalue weighted by atomic mass is 16.1. The summed E-state index contributed by atoms with van der Waals surface area (Å²) in [6.45, 7) is 1.06. The maximum absolute atomic E-state index is 12.0. The van der Waals surface area contributed by atoms with Crippen LogP contribution >= 0.6 is 0 Å². The second-order valence-corrected chi connectivity index (χ2v) is 4.16. The van der Waals surface area contributed by atoms with Crippen LogP contribution in [0.5, 0.6) is 0 Å². The molecule has 1 amide bonds. The van der Waals surface area contributed by atoms with E-state index in [1.54, 1.807) is 0 Å². The lowest BCUT2D eigenvalue weighted by molar-refractivity contribution is 0.0954. The molecule has 1 aromatic heterocycles. The van der Waals surface area contributed by atoms with E-state index in [2.05, 4.69) is 20.3 Å². The maximum atomic E-state index is 12.0. The van der Waals surface area contributed by atoms with Crippen molar-refractivity contribution in [3.8, 4) is 0 Å². The standard InChI is InChI=1S/C13H15N5O/c14-18-17-8-2-1-7-16-13(19)11-4-3-5-12-10(11)6-9-15-12/h3-6,9,15H,1-2,7-8H2,(H,16,19). The minimum atomic E-state index is -0.0750. The number of aromatic nitrogens is 1. The number of fused-ring (bicyclic) bond motifs is 1. The molecule has 98 valence electrons. The summed E-state index contributed by atoms with van der Waals surface area (Å²) in [6.07, 6.45) is 3.40. The fourth-order valence-electron chi connectivity index (χ4n) is 1.93. The molecule has 2 N–H and O–H groups in total. The van der Waals surface area contributed by atoms with E-state index in [0.717, 1.165) is 23.7 Å². The Morgan fingerprint density at radius 3 is 3.11 bits per heavy atom. The number of nitrogens with one attached hydrogen (secondary N) is 2. The fraction of sp³-hybridized carbons (Fsp3) is 0.308. The Kier molecular flexibility index (Phi) is 4.42. The van der Waals surface area contributed by atoms with E-state index < -0.39 is 0 Å². The number of benzene rings is 1. The molecule has 0 fully saturated rings. The summed E-state index contributed by atoms with van der Waals surface area (Å²) < 4.78 is 0. The quantitative estimate of drug-likeness (QED) is 0.354. The van der Waals surface area contributed by atoms with E-state index in [1.165, 1.54) is 0 Å². The van der Waals surface area contributed by atoms with Crippen molar-refractivity contribution in [2.45, 2.75) is 12.8 Å². The molecule has 0 aliphatic heterocycles. The number of hydrogen-bond acceptors (Lipinski definition) is 2. The van der Waals surface area contributed by atoms with Crippen molar-refractivity contribution in [3.05, 3.63) is 46.5 Å². The number of hydrogen-bond donors (Lipinski definition) is 2. The molecule has 1 heterocycles. The molecule has 2 aromatic rings. The van der Waals surface area contributed by atoms with Crippen LogP contribution in [-0.4, -0.2) is 24.0 Å². The van der Waals surface area contributed by atoms with Gasteiger partial charge in [-0.15, -0.1) is 0 Å². The fourth-order valence-corrected chi connectivity index (χ4v) is 1.93. The first-order valence-electron chi connectivity index (χ1n) is 6.18. The van der Waals surface area contributed by atoms with E-state index in [0.29, 0.717) is 18.7 Å². The van der Waals surface area contributed by atoms with Crippen molar-refractivity contribution >= 4 is 16.8 Å². The number of H-pyrrole nitrogens is 1. The van der Waals surface area contributed by atoms with Crippen LogP contribution in [0.15, 0.2) is 35.6 Å². The normalized spacial score (nSPS) is 10.1. The third-order valence-electron chi connectivity index (χ3n) is 2.87. The van der Waals surface area contributed by atoms with Crippen LogP contribution < -0.4 is 5.32 Å². The third kappa shape index (κ3) is 3.26. The molecule has 0 unspecified atom stereocenters. The molecule has 0 aliphatic carbocycles. The van der Waals surface area contributed by atoms with E-state index >= 15 is 0 Å². The van der Waals surface area contributed by atoms with Gasteiger partial charge in [0.15, 0.2) is 0 Å². The van der Waals surface area contributed by atoms with Gasteiger partial charge in [-0.1, -0.05) is 11.2 Å². The summed E-state index contributed by atoms with van der Waals surface area (Å²) in [6, 6.07) is 7.50. The van der Waals surface area contributed by atoms with Gasteiger partial charge in [0.1, 0.15) is 0 Å². The molecule has 0 bridgehead atoms. The summed E-state index contributed by atoms with van der Waals surface area (Å²) in [5.41, 5.74) is 9.75. The summed E-state index contributed by atoms with van der Waals surface area (Å²) in [4.78, 5) is 17.8. The molecule has 0 saturated heterocycles. The van der Waals surface area contributed by atoms with Crippen LogP contribution in [0.4, 0.5) is 0 Å². The average molecular weight is 257 g/mol. The van der Waals surface area contributed by atoms with Gasteiger partial charge in [-0.3, -0.25) is 4.79 Å². The monoisotopic (exact) mass is 257 g/mol. The molecule has 0 radical (unpaired) electrons. The highest BCUT2D eigenvalue weighted by Crippen LogP contribution is 2.17. The first-order chi connectivity index (χ1) is 9.33. The van der Waals surface area contributed by atoms with Crippen molar-refractivity contribution < 1.29 is 4.79 Å². The molecule has 0 spiro atoms. The van der Waals surface area contributed by atoms with Crippen LogP contribution in [0, 0.1) is 0 Å². The Hall–Kier alpha value is -2.46. The van der Waals surface area contributed by atoms with Crippen LogP contribution in [0.3, 0.4) is 0 Å². The van der Waals surface area contributed by atoms with E-state index in [4.69, 9.17) is 5.53 Å². The largest absolute Gasteiger partial charge is 0.361 e. The molecule has 6 nitrogen and oxygen atoms in total. The Morgan fingerprint density at radius 2 is 2.26 bits per heavy atom. The van der Waals surface area contributed by atoms with Gasteiger partial charge in [-0.05, 0) is 36.6 Å². The molecule has 6 heteroatoms. The summed E-state index contributed by atoms with van der Waals surface area (Å²) in [5, 5.41) is 7.24. The van der Waals surface area contributed by atoms with Crippen LogP contribution in [0.1, 0.15) is 23.2 Å². The number of azide groups is 1. The molecular weight excluding hydrogens is 242 g/mol. The van der Waals surface area contributed by atoms with Crippen LogP contribution in [0.25, 0.3) is 21.3 Å². The van der Waals surface area contributed by atoms with E-state index in [-0.39, 0.29) is 5.91 Å². The second-order valence-electron chi connectivity index (χ2n) is 4.16.